The van der Waals surface area contributed by atoms with Crippen LogP contribution in [-0.2, 0) is 30.6 Å². The number of amides is 1. The second-order valence-electron chi connectivity index (χ2n) is 5.58. The van der Waals surface area contributed by atoms with Crippen molar-refractivity contribution in [2.45, 2.75) is 45.1 Å². The molecule has 0 fully saturated rings. The molecule has 1 aliphatic rings. The molecule has 0 saturated carbocycles. The number of fused-ring (bicyclic) bond motifs is 1. The minimum atomic E-state index is 0.0771. The first kappa shape index (κ1) is 13.9. The van der Waals surface area contributed by atoms with Crippen LogP contribution in [0.15, 0.2) is 30.3 Å². The van der Waals surface area contributed by atoms with Gasteiger partial charge in [-0.25, -0.2) is 4.98 Å². The molecule has 1 aromatic heterocycles. The maximum absolute atomic E-state index is 11.9. The van der Waals surface area contributed by atoms with Gasteiger partial charge in [0, 0.05) is 12.1 Å². The van der Waals surface area contributed by atoms with Gasteiger partial charge < -0.3 is 10.3 Å². The number of benzene rings is 1. The highest BCUT2D eigenvalue weighted by Gasteiger charge is 2.14. The first-order valence-corrected chi connectivity index (χ1v) is 7.68. The van der Waals surface area contributed by atoms with Crippen molar-refractivity contribution in [2.24, 2.45) is 0 Å². The first-order valence-electron chi connectivity index (χ1n) is 7.68. The van der Waals surface area contributed by atoms with Crippen molar-refractivity contribution < 1.29 is 4.79 Å². The van der Waals surface area contributed by atoms with E-state index in [9.17, 15) is 4.79 Å². The topological polar surface area (TPSA) is 57.8 Å². The zero-order valence-electron chi connectivity index (χ0n) is 12.2. The molecule has 1 aliphatic carbocycles. The molecule has 0 radical (unpaired) electrons. The molecule has 4 heteroatoms. The molecule has 2 N–H and O–H groups in total. The molecule has 2 aromatic rings. The lowest BCUT2D eigenvalue weighted by molar-refractivity contribution is -0.121. The summed E-state index contributed by atoms with van der Waals surface area (Å²) in [4.78, 5) is 19.8. The van der Waals surface area contributed by atoms with Crippen molar-refractivity contribution in [1.82, 2.24) is 15.3 Å². The molecule has 21 heavy (non-hydrogen) atoms. The van der Waals surface area contributed by atoms with Crippen LogP contribution in [0.4, 0.5) is 0 Å². The largest absolute Gasteiger partial charge is 0.349 e. The van der Waals surface area contributed by atoms with Gasteiger partial charge in [0.05, 0.1) is 12.2 Å². The van der Waals surface area contributed by atoms with Crippen LogP contribution in [0.25, 0.3) is 0 Å². The van der Waals surface area contributed by atoms with E-state index in [2.05, 4.69) is 15.3 Å². The number of carbonyl (C=O) groups is 1. The molecule has 1 aromatic carbocycles. The van der Waals surface area contributed by atoms with Crippen LogP contribution in [0, 0.1) is 0 Å². The second kappa shape index (κ2) is 6.57. The van der Waals surface area contributed by atoms with Crippen LogP contribution < -0.4 is 5.32 Å². The van der Waals surface area contributed by atoms with E-state index >= 15 is 0 Å². The highest BCUT2D eigenvalue weighted by Crippen LogP contribution is 2.18. The molecular weight excluding hydrogens is 262 g/mol. The van der Waals surface area contributed by atoms with Gasteiger partial charge in [-0.2, -0.15) is 0 Å². The van der Waals surface area contributed by atoms with Gasteiger partial charge >= 0.3 is 0 Å². The van der Waals surface area contributed by atoms with Crippen LogP contribution in [0.3, 0.4) is 0 Å². The third-order valence-electron chi connectivity index (χ3n) is 3.94. The summed E-state index contributed by atoms with van der Waals surface area (Å²) in [6.07, 6.45) is 5.91. The number of nitrogens with zero attached hydrogens (tertiary/aromatic N) is 1. The first-order chi connectivity index (χ1) is 10.3. The van der Waals surface area contributed by atoms with Crippen molar-refractivity contribution in [1.29, 1.82) is 0 Å². The lowest BCUT2D eigenvalue weighted by Gasteiger charge is -2.07. The number of H-pyrrole nitrogens is 1. The van der Waals surface area contributed by atoms with Gasteiger partial charge in [0.1, 0.15) is 5.82 Å². The fourth-order valence-electron chi connectivity index (χ4n) is 2.77. The van der Waals surface area contributed by atoms with Gasteiger partial charge in [-0.05, 0) is 37.7 Å². The predicted molar refractivity (Wildman–Crippen MR) is 81.8 cm³/mol. The summed E-state index contributed by atoms with van der Waals surface area (Å²) in [7, 11) is 0. The molecule has 0 saturated heterocycles. The minimum absolute atomic E-state index is 0.0771. The molecule has 110 valence electrons. The van der Waals surface area contributed by atoms with E-state index in [0.717, 1.165) is 25.1 Å². The summed E-state index contributed by atoms with van der Waals surface area (Å²) in [5.74, 6) is 0.961. The minimum Gasteiger partial charge on any atom is -0.349 e. The van der Waals surface area contributed by atoms with E-state index in [-0.39, 0.29) is 5.91 Å². The maximum Gasteiger partial charge on any atom is 0.220 e. The Bertz CT molecular complexity index is 580. The van der Waals surface area contributed by atoms with Crippen LogP contribution in [0.5, 0.6) is 0 Å². The van der Waals surface area contributed by atoms with Gasteiger partial charge in [0.25, 0.3) is 0 Å². The van der Waals surface area contributed by atoms with Gasteiger partial charge in [0.15, 0.2) is 0 Å². The molecule has 0 spiro atoms. The SMILES string of the molecule is O=C(CCc1ccccc1)NCc1nc2c([nH]1)CCCC2. The summed E-state index contributed by atoms with van der Waals surface area (Å²) in [6.45, 7) is 0.501. The van der Waals surface area contributed by atoms with E-state index in [1.54, 1.807) is 0 Å². The average molecular weight is 283 g/mol. The fraction of sp³-hybridized carbons (Fsp3) is 0.412. The lowest BCUT2D eigenvalue weighted by atomic mass is 10.0. The summed E-state index contributed by atoms with van der Waals surface area (Å²) in [5.41, 5.74) is 3.64. The Morgan fingerprint density at radius 2 is 2.00 bits per heavy atom. The van der Waals surface area contributed by atoms with Crippen molar-refractivity contribution in [2.75, 3.05) is 0 Å². The molecule has 3 rings (SSSR count). The molecule has 1 heterocycles. The Kier molecular flexibility index (Phi) is 4.34. The number of aromatic amines is 1. The Labute approximate surface area is 125 Å². The lowest BCUT2D eigenvalue weighted by Crippen LogP contribution is -2.23. The molecule has 0 bridgehead atoms. The second-order valence-corrected chi connectivity index (χ2v) is 5.58. The highest BCUT2D eigenvalue weighted by atomic mass is 16.1. The molecule has 4 nitrogen and oxygen atoms in total. The molecule has 1 amide bonds. The van der Waals surface area contributed by atoms with E-state index in [4.69, 9.17) is 0 Å². The van der Waals surface area contributed by atoms with Gasteiger partial charge in [-0.15, -0.1) is 0 Å². The smallest absolute Gasteiger partial charge is 0.220 e. The van der Waals surface area contributed by atoms with Crippen molar-refractivity contribution >= 4 is 5.91 Å². The predicted octanol–water partition coefficient (Wildman–Crippen LogP) is 2.54. The van der Waals surface area contributed by atoms with Crippen LogP contribution >= 0.6 is 0 Å². The summed E-state index contributed by atoms with van der Waals surface area (Å²) in [5, 5.41) is 2.95. The summed E-state index contributed by atoms with van der Waals surface area (Å²) < 4.78 is 0. The number of hydrogen-bond donors (Lipinski definition) is 2. The molecule has 0 atom stereocenters. The number of rotatable bonds is 5. The Balaban J connectivity index is 1.46. The van der Waals surface area contributed by atoms with E-state index in [1.165, 1.54) is 29.8 Å². The number of carbonyl (C=O) groups excluding carboxylic acids is 1. The van der Waals surface area contributed by atoms with Crippen LogP contribution in [0.1, 0.15) is 42.0 Å². The van der Waals surface area contributed by atoms with Crippen molar-refractivity contribution in [3.8, 4) is 0 Å². The van der Waals surface area contributed by atoms with Crippen molar-refractivity contribution in [3.63, 3.8) is 0 Å². The normalized spacial score (nSPS) is 13.7. The highest BCUT2D eigenvalue weighted by molar-refractivity contribution is 5.76. The number of aryl methyl sites for hydroxylation is 3. The van der Waals surface area contributed by atoms with Gasteiger partial charge in [0.2, 0.25) is 5.91 Å². The zero-order chi connectivity index (χ0) is 14.5. The third kappa shape index (κ3) is 3.72. The quantitative estimate of drug-likeness (QED) is 0.886. The number of aromatic nitrogens is 2. The van der Waals surface area contributed by atoms with E-state index in [1.807, 2.05) is 30.3 Å². The fourth-order valence-corrected chi connectivity index (χ4v) is 2.77. The van der Waals surface area contributed by atoms with Gasteiger partial charge in [-0.3, -0.25) is 4.79 Å². The van der Waals surface area contributed by atoms with Crippen LogP contribution in [-0.4, -0.2) is 15.9 Å². The average Bonchev–Trinajstić information content (AvgIpc) is 2.95. The Morgan fingerprint density at radius 3 is 2.81 bits per heavy atom. The molecular formula is C17H21N3O. The number of imidazole rings is 1. The summed E-state index contributed by atoms with van der Waals surface area (Å²) >= 11 is 0. The zero-order valence-corrected chi connectivity index (χ0v) is 12.2. The Morgan fingerprint density at radius 1 is 1.19 bits per heavy atom. The Hall–Kier alpha value is -2.10. The van der Waals surface area contributed by atoms with E-state index in [0.29, 0.717) is 13.0 Å². The van der Waals surface area contributed by atoms with E-state index < -0.39 is 0 Å². The monoisotopic (exact) mass is 283 g/mol. The van der Waals surface area contributed by atoms with Crippen LogP contribution in [0.2, 0.25) is 0 Å². The number of hydrogen-bond acceptors (Lipinski definition) is 2. The molecule has 0 unspecified atom stereocenters. The van der Waals surface area contributed by atoms with Gasteiger partial charge in [-0.1, -0.05) is 30.3 Å². The molecule has 0 aliphatic heterocycles. The number of nitrogens with one attached hydrogen (secondary N) is 2. The standard InChI is InChI=1S/C17H21N3O/c21-17(11-10-13-6-2-1-3-7-13)18-12-16-19-14-8-4-5-9-15(14)20-16/h1-3,6-7H,4-5,8-12H2,(H,18,21)(H,19,20). The summed E-state index contributed by atoms with van der Waals surface area (Å²) in [6, 6.07) is 10.1. The maximum atomic E-state index is 11.9. The van der Waals surface area contributed by atoms with Crippen molar-refractivity contribution in [3.05, 3.63) is 53.1 Å². The third-order valence-corrected chi connectivity index (χ3v) is 3.94.